The topological polar surface area (TPSA) is 70.7 Å². The van der Waals surface area contributed by atoms with Crippen molar-refractivity contribution in [3.8, 4) is 11.3 Å². The first-order chi connectivity index (χ1) is 12.3. The standard InChI is InChI=1S/C20H16N4O/c25-20(19-11-15-4-1-2-6-17(15)24-19)23-12-14-7-9-22-18(10-14)16-5-3-8-21-13-16/h1-11,13,24H,12H2,(H,23,25). The number of hydrogen-bond donors (Lipinski definition) is 2. The number of para-hydroxylation sites is 1. The second-order valence-electron chi connectivity index (χ2n) is 5.74. The monoisotopic (exact) mass is 328 g/mol. The van der Waals surface area contributed by atoms with Crippen LogP contribution in [0.25, 0.3) is 22.2 Å². The lowest BCUT2D eigenvalue weighted by Gasteiger charge is -2.06. The van der Waals surface area contributed by atoms with Crippen molar-refractivity contribution in [1.29, 1.82) is 0 Å². The Bertz CT molecular complexity index is 991. The van der Waals surface area contributed by atoms with E-state index in [-0.39, 0.29) is 5.91 Å². The van der Waals surface area contributed by atoms with Gasteiger partial charge in [0.2, 0.25) is 0 Å². The van der Waals surface area contributed by atoms with Crippen LogP contribution in [0.5, 0.6) is 0 Å². The summed E-state index contributed by atoms with van der Waals surface area (Å²) in [5, 5.41) is 3.96. The maximum atomic E-state index is 12.4. The van der Waals surface area contributed by atoms with Gasteiger partial charge < -0.3 is 10.3 Å². The predicted molar refractivity (Wildman–Crippen MR) is 96.9 cm³/mol. The van der Waals surface area contributed by atoms with Crippen LogP contribution >= 0.6 is 0 Å². The van der Waals surface area contributed by atoms with Crippen molar-refractivity contribution >= 4 is 16.8 Å². The quantitative estimate of drug-likeness (QED) is 0.602. The first kappa shape index (κ1) is 15.1. The van der Waals surface area contributed by atoms with E-state index in [9.17, 15) is 4.79 Å². The molecule has 0 aliphatic rings. The molecule has 0 radical (unpaired) electrons. The summed E-state index contributed by atoms with van der Waals surface area (Å²) < 4.78 is 0. The fraction of sp³-hybridized carbons (Fsp3) is 0.0500. The summed E-state index contributed by atoms with van der Waals surface area (Å²) in [7, 11) is 0. The summed E-state index contributed by atoms with van der Waals surface area (Å²) in [6.45, 7) is 0.435. The van der Waals surface area contributed by atoms with E-state index >= 15 is 0 Å². The number of H-pyrrole nitrogens is 1. The second kappa shape index (κ2) is 6.57. The van der Waals surface area contributed by atoms with Gasteiger partial charge in [-0.25, -0.2) is 0 Å². The third-order valence-corrected chi connectivity index (χ3v) is 4.01. The highest BCUT2D eigenvalue weighted by atomic mass is 16.1. The van der Waals surface area contributed by atoms with Gasteiger partial charge in [0.1, 0.15) is 5.69 Å². The Balaban J connectivity index is 1.48. The highest BCUT2D eigenvalue weighted by Crippen LogP contribution is 2.17. The first-order valence-corrected chi connectivity index (χ1v) is 8.01. The number of nitrogens with zero attached hydrogens (tertiary/aromatic N) is 2. The molecule has 5 heteroatoms. The number of amides is 1. The Kier molecular flexibility index (Phi) is 3.96. The number of aromatic nitrogens is 3. The van der Waals surface area contributed by atoms with E-state index in [4.69, 9.17) is 0 Å². The normalized spacial score (nSPS) is 10.7. The largest absolute Gasteiger partial charge is 0.351 e. The Morgan fingerprint density at radius 3 is 2.80 bits per heavy atom. The van der Waals surface area contributed by atoms with Crippen LogP contribution in [0.1, 0.15) is 16.1 Å². The molecule has 3 aromatic heterocycles. The van der Waals surface area contributed by atoms with E-state index in [1.165, 1.54) is 0 Å². The van der Waals surface area contributed by atoms with Crippen LogP contribution in [0, 0.1) is 0 Å². The van der Waals surface area contributed by atoms with Crippen LogP contribution in [-0.2, 0) is 6.54 Å². The van der Waals surface area contributed by atoms with Gasteiger partial charge in [0.05, 0.1) is 5.69 Å². The van der Waals surface area contributed by atoms with Gasteiger partial charge in [-0.1, -0.05) is 18.2 Å². The number of carbonyl (C=O) groups excluding carboxylic acids is 1. The average Bonchev–Trinajstić information content (AvgIpc) is 3.11. The molecule has 0 spiro atoms. The fourth-order valence-electron chi connectivity index (χ4n) is 2.73. The third-order valence-electron chi connectivity index (χ3n) is 4.01. The van der Waals surface area contributed by atoms with Crippen LogP contribution in [-0.4, -0.2) is 20.9 Å². The minimum Gasteiger partial charge on any atom is -0.351 e. The van der Waals surface area contributed by atoms with E-state index in [0.29, 0.717) is 12.2 Å². The highest BCUT2D eigenvalue weighted by molar-refractivity contribution is 5.97. The smallest absolute Gasteiger partial charge is 0.267 e. The molecule has 0 saturated heterocycles. The molecule has 5 nitrogen and oxygen atoms in total. The number of nitrogens with one attached hydrogen (secondary N) is 2. The number of benzene rings is 1. The molecule has 0 bridgehead atoms. The van der Waals surface area contributed by atoms with Crippen LogP contribution in [0.3, 0.4) is 0 Å². The molecule has 1 amide bonds. The molecular weight excluding hydrogens is 312 g/mol. The SMILES string of the molecule is O=C(NCc1ccnc(-c2cccnc2)c1)c1cc2ccccc2[nH]1. The molecular formula is C20H16N4O. The van der Waals surface area contributed by atoms with Crippen molar-refractivity contribution in [2.75, 3.05) is 0 Å². The van der Waals surface area contributed by atoms with Crippen molar-refractivity contribution in [3.63, 3.8) is 0 Å². The average molecular weight is 328 g/mol. The molecule has 2 N–H and O–H groups in total. The fourth-order valence-corrected chi connectivity index (χ4v) is 2.73. The molecule has 3 heterocycles. The van der Waals surface area contributed by atoms with Crippen molar-refractivity contribution in [2.24, 2.45) is 0 Å². The number of hydrogen-bond acceptors (Lipinski definition) is 3. The summed E-state index contributed by atoms with van der Waals surface area (Å²) in [5.74, 6) is -0.129. The van der Waals surface area contributed by atoms with Crippen molar-refractivity contribution in [2.45, 2.75) is 6.54 Å². The van der Waals surface area contributed by atoms with Gasteiger partial charge in [-0.15, -0.1) is 0 Å². The molecule has 4 rings (SSSR count). The highest BCUT2D eigenvalue weighted by Gasteiger charge is 2.09. The summed E-state index contributed by atoms with van der Waals surface area (Å²) in [4.78, 5) is 24.0. The van der Waals surface area contributed by atoms with Gasteiger partial charge in [-0.2, -0.15) is 0 Å². The van der Waals surface area contributed by atoms with Gasteiger partial charge >= 0.3 is 0 Å². The minimum atomic E-state index is -0.129. The van der Waals surface area contributed by atoms with Crippen molar-refractivity contribution in [3.05, 3.63) is 84.4 Å². The molecule has 0 unspecified atom stereocenters. The van der Waals surface area contributed by atoms with E-state index in [2.05, 4.69) is 20.3 Å². The Morgan fingerprint density at radius 2 is 1.96 bits per heavy atom. The lowest BCUT2D eigenvalue weighted by atomic mass is 10.1. The van der Waals surface area contributed by atoms with Gasteiger partial charge in [0.15, 0.2) is 0 Å². The van der Waals surface area contributed by atoms with Gasteiger partial charge in [-0.05, 0) is 42.0 Å². The molecule has 25 heavy (non-hydrogen) atoms. The van der Waals surface area contributed by atoms with E-state index < -0.39 is 0 Å². The summed E-state index contributed by atoms with van der Waals surface area (Å²) in [6.07, 6.45) is 5.25. The molecule has 4 aromatic rings. The number of carbonyl (C=O) groups is 1. The van der Waals surface area contributed by atoms with Crippen molar-refractivity contribution in [1.82, 2.24) is 20.3 Å². The van der Waals surface area contributed by atoms with Crippen LogP contribution in [0.15, 0.2) is 73.2 Å². The Morgan fingerprint density at radius 1 is 1.04 bits per heavy atom. The molecule has 0 atom stereocenters. The Labute approximate surface area is 144 Å². The zero-order valence-corrected chi connectivity index (χ0v) is 13.4. The van der Waals surface area contributed by atoms with Gasteiger partial charge in [0, 0.05) is 41.6 Å². The zero-order valence-electron chi connectivity index (χ0n) is 13.4. The van der Waals surface area contributed by atoms with Crippen LogP contribution in [0.4, 0.5) is 0 Å². The lowest BCUT2D eigenvalue weighted by molar-refractivity contribution is 0.0946. The second-order valence-corrected chi connectivity index (χ2v) is 5.74. The van der Waals surface area contributed by atoms with E-state index in [1.54, 1.807) is 18.6 Å². The Hall–Kier alpha value is -3.47. The number of pyridine rings is 2. The molecule has 0 saturated carbocycles. The van der Waals surface area contributed by atoms with Crippen LogP contribution < -0.4 is 5.32 Å². The number of rotatable bonds is 4. The lowest BCUT2D eigenvalue weighted by Crippen LogP contribution is -2.23. The van der Waals surface area contributed by atoms with Crippen molar-refractivity contribution < 1.29 is 4.79 Å². The van der Waals surface area contributed by atoms with Gasteiger partial charge in [-0.3, -0.25) is 14.8 Å². The maximum Gasteiger partial charge on any atom is 0.267 e. The minimum absolute atomic E-state index is 0.129. The molecule has 0 aliphatic heterocycles. The molecule has 0 fully saturated rings. The first-order valence-electron chi connectivity index (χ1n) is 8.01. The number of fused-ring (bicyclic) bond motifs is 1. The molecule has 0 aliphatic carbocycles. The summed E-state index contributed by atoms with van der Waals surface area (Å²) in [5.41, 5.74) is 4.29. The summed E-state index contributed by atoms with van der Waals surface area (Å²) >= 11 is 0. The van der Waals surface area contributed by atoms with E-state index in [0.717, 1.165) is 27.7 Å². The summed E-state index contributed by atoms with van der Waals surface area (Å²) in [6, 6.07) is 17.4. The van der Waals surface area contributed by atoms with E-state index in [1.807, 2.05) is 54.6 Å². The zero-order chi connectivity index (χ0) is 17.1. The number of aromatic amines is 1. The van der Waals surface area contributed by atoms with Crippen LogP contribution in [0.2, 0.25) is 0 Å². The molecule has 1 aromatic carbocycles. The maximum absolute atomic E-state index is 12.4. The van der Waals surface area contributed by atoms with Gasteiger partial charge in [0.25, 0.3) is 5.91 Å². The predicted octanol–water partition coefficient (Wildman–Crippen LogP) is 3.55. The molecule has 122 valence electrons. The third kappa shape index (κ3) is 3.26.